The first-order valence-corrected chi connectivity index (χ1v) is 8.90. The Morgan fingerprint density at radius 3 is 2.65 bits per heavy atom. The summed E-state index contributed by atoms with van der Waals surface area (Å²) in [6.45, 7) is 6.27. The van der Waals surface area contributed by atoms with Crippen molar-refractivity contribution in [1.82, 2.24) is 0 Å². The molecule has 0 aliphatic carbocycles. The Morgan fingerprint density at radius 2 is 1.96 bits per heavy atom. The van der Waals surface area contributed by atoms with Crippen LogP contribution in [-0.4, -0.2) is 18.8 Å². The summed E-state index contributed by atoms with van der Waals surface area (Å²) < 4.78 is 5.72. The van der Waals surface area contributed by atoms with E-state index < -0.39 is 0 Å². The van der Waals surface area contributed by atoms with Crippen LogP contribution in [0.4, 0.5) is 5.69 Å². The highest BCUT2D eigenvalue weighted by atomic mass is 32.2. The Balaban J connectivity index is 2.00. The minimum Gasteiger partial charge on any atom is -0.483 e. The molecule has 23 heavy (non-hydrogen) atoms. The first-order valence-electron chi connectivity index (χ1n) is 7.67. The van der Waals surface area contributed by atoms with E-state index in [1.165, 1.54) is 5.56 Å². The van der Waals surface area contributed by atoms with E-state index in [1.807, 2.05) is 49.6 Å². The molecule has 0 saturated carbocycles. The molecule has 0 fully saturated rings. The summed E-state index contributed by atoms with van der Waals surface area (Å²) >= 11 is 1.60. The molecule has 0 radical (unpaired) electrons. The number of rotatable bonds is 6. The Morgan fingerprint density at radius 1 is 1.22 bits per heavy atom. The van der Waals surface area contributed by atoms with Crippen molar-refractivity contribution in [3.63, 3.8) is 0 Å². The van der Waals surface area contributed by atoms with E-state index in [9.17, 15) is 4.79 Å². The number of carbonyl (C=O) groups excluding carboxylic acids is 1. The average molecular weight is 329 g/mol. The van der Waals surface area contributed by atoms with Crippen molar-refractivity contribution in [1.29, 1.82) is 0 Å². The Bertz CT molecular complexity index is 683. The summed E-state index contributed by atoms with van der Waals surface area (Å²) in [5, 5.41) is 2.90. The molecule has 0 bridgehead atoms. The van der Waals surface area contributed by atoms with Crippen LogP contribution in [0, 0.1) is 6.92 Å². The molecular formula is C19H23NO2S. The van der Waals surface area contributed by atoms with Gasteiger partial charge in [-0.05, 0) is 48.4 Å². The van der Waals surface area contributed by atoms with E-state index in [0.29, 0.717) is 5.92 Å². The molecule has 0 spiro atoms. The summed E-state index contributed by atoms with van der Waals surface area (Å²) in [5.74, 6) is 1.05. The number of anilines is 1. The first-order chi connectivity index (χ1) is 11.0. The fourth-order valence-corrected chi connectivity index (χ4v) is 2.76. The van der Waals surface area contributed by atoms with Gasteiger partial charge in [-0.3, -0.25) is 4.79 Å². The predicted octanol–water partition coefficient (Wildman–Crippen LogP) is 4.86. The monoisotopic (exact) mass is 329 g/mol. The third-order valence-corrected chi connectivity index (χ3v) is 4.41. The Kier molecular flexibility index (Phi) is 6.11. The SMILES string of the molecule is CSc1ccccc1NC(=O)COc1cc(C(C)C)ccc1C. The van der Waals surface area contributed by atoms with E-state index in [0.717, 1.165) is 21.9 Å². The van der Waals surface area contributed by atoms with Gasteiger partial charge in [0.15, 0.2) is 6.61 Å². The van der Waals surface area contributed by atoms with Crippen LogP contribution in [0.15, 0.2) is 47.4 Å². The summed E-state index contributed by atoms with van der Waals surface area (Å²) in [5.41, 5.74) is 3.06. The van der Waals surface area contributed by atoms with Crippen molar-refractivity contribution in [2.45, 2.75) is 31.6 Å². The predicted molar refractivity (Wildman–Crippen MR) is 97.6 cm³/mol. The van der Waals surface area contributed by atoms with Gasteiger partial charge in [0.05, 0.1) is 5.69 Å². The number of para-hydroxylation sites is 1. The minimum absolute atomic E-state index is 0.00506. The number of nitrogens with one attached hydrogen (secondary N) is 1. The number of hydrogen-bond donors (Lipinski definition) is 1. The molecule has 2 aromatic carbocycles. The third kappa shape index (κ3) is 4.76. The van der Waals surface area contributed by atoms with Gasteiger partial charge in [-0.1, -0.05) is 38.1 Å². The lowest BCUT2D eigenvalue weighted by Crippen LogP contribution is -2.20. The number of thioether (sulfide) groups is 1. The summed E-state index contributed by atoms with van der Waals surface area (Å²) in [7, 11) is 0. The van der Waals surface area contributed by atoms with Gasteiger partial charge in [-0.25, -0.2) is 0 Å². The fourth-order valence-electron chi connectivity index (χ4n) is 2.21. The fraction of sp³-hybridized carbons (Fsp3) is 0.316. The van der Waals surface area contributed by atoms with Crippen LogP contribution in [0.5, 0.6) is 5.75 Å². The van der Waals surface area contributed by atoms with E-state index in [4.69, 9.17) is 4.74 Å². The second kappa shape index (κ2) is 8.06. The zero-order valence-corrected chi connectivity index (χ0v) is 14.9. The maximum Gasteiger partial charge on any atom is 0.262 e. The molecule has 122 valence electrons. The summed E-state index contributed by atoms with van der Waals surface area (Å²) in [6, 6.07) is 13.9. The van der Waals surface area contributed by atoms with Crippen LogP contribution in [0.25, 0.3) is 0 Å². The molecule has 0 aliphatic heterocycles. The van der Waals surface area contributed by atoms with Crippen molar-refractivity contribution in [2.24, 2.45) is 0 Å². The van der Waals surface area contributed by atoms with Crippen molar-refractivity contribution in [3.05, 3.63) is 53.6 Å². The van der Waals surface area contributed by atoms with Gasteiger partial charge in [0.1, 0.15) is 5.75 Å². The zero-order valence-electron chi connectivity index (χ0n) is 14.1. The third-order valence-electron chi connectivity index (χ3n) is 3.62. The van der Waals surface area contributed by atoms with Crippen LogP contribution < -0.4 is 10.1 Å². The van der Waals surface area contributed by atoms with E-state index >= 15 is 0 Å². The lowest BCUT2D eigenvalue weighted by atomic mass is 10.0. The molecule has 0 aliphatic rings. The maximum atomic E-state index is 12.1. The largest absolute Gasteiger partial charge is 0.483 e. The maximum absolute atomic E-state index is 12.1. The molecule has 0 saturated heterocycles. The lowest BCUT2D eigenvalue weighted by molar-refractivity contribution is -0.118. The van der Waals surface area contributed by atoms with Gasteiger partial charge in [-0.15, -0.1) is 11.8 Å². The topological polar surface area (TPSA) is 38.3 Å². The Hall–Kier alpha value is -1.94. The molecule has 0 unspecified atom stereocenters. The van der Waals surface area contributed by atoms with Gasteiger partial charge >= 0.3 is 0 Å². The molecule has 1 N–H and O–H groups in total. The number of ether oxygens (including phenoxy) is 1. The van der Waals surface area contributed by atoms with E-state index in [-0.39, 0.29) is 12.5 Å². The molecule has 3 nitrogen and oxygen atoms in total. The van der Waals surface area contributed by atoms with Crippen LogP contribution in [0.1, 0.15) is 30.9 Å². The second-order valence-electron chi connectivity index (χ2n) is 5.72. The van der Waals surface area contributed by atoms with Crippen molar-refractivity contribution >= 4 is 23.4 Å². The smallest absolute Gasteiger partial charge is 0.262 e. The van der Waals surface area contributed by atoms with Crippen LogP contribution in [0.3, 0.4) is 0 Å². The highest BCUT2D eigenvalue weighted by molar-refractivity contribution is 7.98. The molecule has 2 aromatic rings. The van der Waals surface area contributed by atoms with Crippen LogP contribution >= 0.6 is 11.8 Å². The molecular weight excluding hydrogens is 306 g/mol. The van der Waals surface area contributed by atoms with Crippen LogP contribution in [-0.2, 0) is 4.79 Å². The molecule has 4 heteroatoms. The summed E-state index contributed by atoms with van der Waals surface area (Å²) in [6.07, 6.45) is 1.99. The van der Waals surface area contributed by atoms with Gasteiger partial charge in [0, 0.05) is 4.90 Å². The number of hydrogen-bond acceptors (Lipinski definition) is 3. The van der Waals surface area contributed by atoms with Gasteiger partial charge in [-0.2, -0.15) is 0 Å². The molecule has 2 rings (SSSR count). The first kappa shape index (κ1) is 17.4. The van der Waals surface area contributed by atoms with Crippen molar-refractivity contribution < 1.29 is 9.53 Å². The summed E-state index contributed by atoms with van der Waals surface area (Å²) in [4.78, 5) is 13.2. The van der Waals surface area contributed by atoms with Gasteiger partial charge < -0.3 is 10.1 Å². The van der Waals surface area contributed by atoms with E-state index in [1.54, 1.807) is 11.8 Å². The van der Waals surface area contributed by atoms with Gasteiger partial charge in [0.2, 0.25) is 0 Å². The number of carbonyl (C=O) groups is 1. The van der Waals surface area contributed by atoms with E-state index in [2.05, 4.69) is 25.2 Å². The average Bonchev–Trinajstić information content (AvgIpc) is 2.54. The Labute approximate surface area is 142 Å². The van der Waals surface area contributed by atoms with Crippen LogP contribution in [0.2, 0.25) is 0 Å². The van der Waals surface area contributed by atoms with Crippen molar-refractivity contribution in [2.75, 3.05) is 18.2 Å². The molecule has 0 aromatic heterocycles. The number of aryl methyl sites for hydroxylation is 1. The normalized spacial score (nSPS) is 10.7. The molecule has 0 heterocycles. The van der Waals surface area contributed by atoms with Crippen molar-refractivity contribution in [3.8, 4) is 5.75 Å². The highest BCUT2D eigenvalue weighted by Crippen LogP contribution is 2.26. The standard InChI is InChI=1S/C19H23NO2S/c1-13(2)15-10-9-14(3)17(11-15)22-12-19(21)20-16-7-5-6-8-18(16)23-4/h5-11,13H,12H2,1-4H3,(H,20,21). The minimum atomic E-state index is -0.152. The van der Waals surface area contributed by atoms with Gasteiger partial charge in [0.25, 0.3) is 5.91 Å². The molecule has 0 atom stereocenters. The second-order valence-corrected chi connectivity index (χ2v) is 6.56. The quantitative estimate of drug-likeness (QED) is 0.769. The lowest BCUT2D eigenvalue weighted by Gasteiger charge is -2.13. The highest BCUT2D eigenvalue weighted by Gasteiger charge is 2.09. The number of amides is 1. The number of benzene rings is 2. The zero-order chi connectivity index (χ0) is 16.8. The molecule has 1 amide bonds.